The van der Waals surface area contributed by atoms with Gasteiger partial charge in [-0.25, -0.2) is 4.79 Å². The van der Waals surface area contributed by atoms with Crippen LogP contribution in [0.15, 0.2) is 0 Å². The predicted octanol–water partition coefficient (Wildman–Crippen LogP) is 9.20. The van der Waals surface area contributed by atoms with Crippen molar-refractivity contribution in [2.24, 2.45) is 0 Å². The molecule has 0 spiro atoms. The first kappa shape index (κ1) is 69.5. The van der Waals surface area contributed by atoms with Gasteiger partial charge in [-0.2, -0.15) is 11.8 Å². The number of carboxylic acid groups (broad SMARTS) is 2. The fourth-order valence-corrected chi connectivity index (χ4v) is 9.41. The smallest absolute Gasteiger partial charge is 0.326 e. The molecular weight excluding hydrogens is 930 g/mol. The third-order valence-electron chi connectivity index (χ3n) is 12.9. The van der Waals surface area contributed by atoms with Crippen LogP contribution < -0.4 is 28.8 Å². The molecule has 13 nitrogen and oxygen atoms in total. The van der Waals surface area contributed by atoms with Crippen molar-refractivity contribution >= 4 is 47.5 Å². The van der Waals surface area contributed by atoms with E-state index in [1.807, 2.05) is 0 Å². The Balaban J connectivity index is 0. The first-order chi connectivity index (χ1) is 33.5. The fraction of sp³-hybridized carbons (Fsp3) is 0.891. The molecule has 3 atom stereocenters. The van der Waals surface area contributed by atoms with Crippen LogP contribution in [0.4, 0.5) is 0 Å². The summed E-state index contributed by atoms with van der Waals surface area (Å²) in [6, 6.07) is -1.64. The SMILES string of the molecule is CCCCCCCCCCCCCCCC(=O)OC[C@H](CSC[C@H]([NH3+])C(=O)NCCCCCCCCCCCC(=O)N[C@@H](CCC(=O)O)C(=O)O)OC(=O)CCCCCCCCCCCCCCC.[Cl-]. The van der Waals surface area contributed by atoms with E-state index >= 15 is 0 Å². The summed E-state index contributed by atoms with van der Waals surface area (Å²) >= 11 is 1.49. The Labute approximate surface area is 436 Å². The quantitative estimate of drug-likeness (QED) is 0.0286. The molecule has 0 aliphatic rings. The van der Waals surface area contributed by atoms with Gasteiger partial charge in [-0.1, -0.05) is 213 Å². The molecule has 0 aromatic carbocycles. The van der Waals surface area contributed by atoms with Crippen molar-refractivity contribution in [3.05, 3.63) is 0 Å². The summed E-state index contributed by atoms with van der Waals surface area (Å²) in [5, 5.41) is 23.4. The van der Waals surface area contributed by atoms with Crippen molar-refractivity contribution in [1.29, 1.82) is 0 Å². The second kappa shape index (κ2) is 52.7. The minimum absolute atomic E-state index is 0. The number of carbonyl (C=O) groups excluding carboxylic acids is 4. The van der Waals surface area contributed by atoms with Crippen molar-refractivity contribution in [2.45, 2.75) is 289 Å². The maximum atomic E-state index is 12.9. The lowest BCUT2D eigenvalue weighted by Crippen LogP contribution is -3.00. The summed E-state index contributed by atoms with van der Waals surface area (Å²) in [7, 11) is 0. The summed E-state index contributed by atoms with van der Waals surface area (Å²) in [5.74, 6) is -2.41. The molecule has 0 aromatic heterocycles. The lowest BCUT2D eigenvalue weighted by Gasteiger charge is -2.18. The molecular formula is C55H104ClN3O10S. The van der Waals surface area contributed by atoms with E-state index in [9.17, 15) is 33.9 Å². The third-order valence-corrected chi connectivity index (χ3v) is 14.1. The Morgan fingerprint density at radius 2 is 0.886 bits per heavy atom. The van der Waals surface area contributed by atoms with Gasteiger partial charge >= 0.3 is 23.9 Å². The molecule has 0 unspecified atom stereocenters. The molecule has 0 radical (unpaired) electrons. The molecule has 7 N–H and O–H groups in total. The number of thioether (sulfide) groups is 1. The van der Waals surface area contributed by atoms with E-state index in [-0.39, 0.29) is 62.0 Å². The minimum atomic E-state index is -1.23. The lowest BCUT2D eigenvalue weighted by atomic mass is 10.0. The maximum absolute atomic E-state index is 12.9. The maximum Gasteiger partial charge on any atom is 0.326 e. The molecule has 70 heavy (non-hydrogen) atoms. The number of carboxylic acids is 2. The average molecular weight is 1030 g/mol. The van der Waals surface area contributed by atoms with Crippen LogP contribution in [0.2, 0.25) is 0 Å². The van der Waals surface area contributed by atoms with E-state index < -0.39 is 30.1 Å². The van der Waals surface area contributed by atoms with Gasteiger partial charge in [0.2, 0.25) is 5.91 Å². The molecule has 0 aliphatic carbocycles. The average Bonchev–Trinajstić information content (AvgIpc) is 3.32. The minimum Gasteiger partial charge on any atom is -1.00 e. The number of carbonyl (C=O) groups is 6. The number of hydrogen-bond donors (Lipinski definition) is 5. The highest BCUT2D eigenvalue weighted by Gasteiger charge is 2.22. The standard InChI is InChI=1S/C55H103N3O10S.ClH/c1-3-5-7-9-11-13-15-17-19-23-27-31-35-39-52(62)67-44-47(68-53(63)40-36-32-28-24-20-18-16-14-12-10-8-6-4-2)45-69-46-48(56)54(64)57-43-37-33-29-25-21-22-26-30-34-38-50(59)58-49(55(65)66)41-42-51(60)61;/h47-49H,3-46,56H2,1-2H3,(H,57,64)(H,58,59)(H,60,61)(H,65,66);1H/t47-,48+,49+;/m1./s1. The molecule has 0 saturated carbocycles. The number of esters is 2. The lowest BCUT2D eigenvalue weighted by molar-refractivity contribution is -0.396. The molecule has 15 heteroatoms. The summed E-state index contributed by atoms with van der Waals surface area (Å²) < 4.78 is 11.5. The van der Waals surface area contributed by atoms with Crippen molar-refractivity contribution in [3.63, 3.8) is 0 Å². The van der Waals surface area contributed by atoms with E-state index in [2.05, 4.69) is 30.2 Å². The summed E-state index contributed by atoms with van der Waals surface area (Å²) in [6.07, 6.45) is 40.9. The Morgan fingerprint density at radius 1 is 0.500 bits per heavy atom. The highest BCUT2D eigenvalue weighted by atomic mass is 35.5. The number of hydrogen-bond acceptors (Lipinski definition) is 9. The molecule has 0 aromatic rings. The Morgan fingerprint density at radius 3 is 1.30 bits per heavy atom. The normalized spacial score (nSPS) is 12.4. The van der Waals surface area contributed by atoms with Crippen molar-refractivity contribution in [2.75, 3.05) is 24.7 Å². The van der Waals surface area contributed by atoms with E-state index in [1.54, 1.807) is 0 Å². The largest absolute Gasteiger partial charge is 1.00 e. The number of ether oxygens (including phenoxy) is 2. The topological polar surface area (TPSA) is 213 Å². The first-order valence-corrected chi connectivity index (χ1v) is 29.4. The Hall–Kier alpha value is -2.58. The number of aliphatic carboxylic acids is 2. The van der Waals surface area contributed by atoms with E-state index in [4.69, 9.17) is 14.6 Å². The number of rotatable bonds is 53. The number of amides is 2. The summed E-state index contributed by atoms with van der Waals surface area (Å²) in [5.41, 5.74) is 4.08. The van der Waals surface area contributed by atoms with Gasteiger partial charge in [-0.05, 0) is 32.1 Å². The molecule has 0 bridgehead atoms. The van der Waals surface area contributed by atoms with Crippen LogP contribution in [0.3, 0.4) is 0 Å². The summed E-state index contributed by atoms with van der Waals surface area (Å²) in [4.78, 5) is 72.4. The second-order valence-corrected chi connectivity index (χ2v) is 20.7. The molecule has 0 saturated heterocycles. The van der Waals surface area contributed by atoms with E-state index in [0.717, 1.165) is 89.9 Å². The van der Waals surface area contributed by atoms with Gasteiger partial charge in [0.25, 0.3) is 5.91 Å². The highest BCUT2D eigenvalue weighted by Crippen LogP contribution is 2.17. The van der Waals surface area contributed by atoms with Crippen LogP contribution in [-0.4, -0.2) is 88.7 Å². The number of halogens is 1. The molecule has 412 valence electrons. The highest BCUT2D eigenvalue weighted by molar-refractivity contribution is 7.99. The van der Waals surface area contributed by atoms with Gasteiger partial charge < -0.3 is 48.5 Å². The van der Waals surface area contributed by atoms with E-state index in [1.165, 1.54) is 140 Å². The van der Waals surface area contributed by atoms with Crippen LogP contribution in [0.1, 0.15) is 271 Å². The molecule has 0 heterocycles. The third kappa shape index (κ3) is 49.0. The zero-order valence-electron chi connectivity index (χ0n) is 44.5. The van der Waals surface area contributed by atoms with Crippen LogP contribution in [0.25, 0.3) is 0 Å². The first-order valence-electron chi connectivity index (χ1n) is 28.3. The zero-order valence-corrected chi connectivity index (χ0v) is 46.1. The predicted molar refractivity (Wildman–Crippen MR) is 281 cm³/mol. The van der Waals surface area contributed by atoms with Gasteiger partial charge in [0.15, 0.2) is 6.04 Å². The van der Waals surface area contributed by atoms with Crippen LogP contribution in [0, 0.1) is 0 Å². The Kier molecular flexibility index (Phi) is 52.4. The van der Waals surface area contributed by atoms with E-state index in [0.29, 0.717) is 37.3 Å². The number of quaternary nitrogens is 1. The van der Waals surface area contributed by atoms with Gasteiger partial charge in [0.1, 0.15) is 18.8 Å². The number of nitrogens with one attached hydrogen (secondary N) is 2. The van der Waals surface area contributed by atoms with Gasteiger partial charge in [-0.3, -0.25) is 24.0 Å². The fourth-order valence-electron chi connectivity index (χ4n) is 8.41. The molecule has 2 amide bonds. The van der Waals surface area contributed by atoms with Crippen LogP contribution in [0.5, 0.6) is 0 Å². The monoisotopic (exact) mass is 1030 g/mol. The van der Waals surface area contributed by atoms with Crippen molar-refractivity contribution in [1.82, 2.24) is 10.6 Å². The second-order valence-electron chi connectivity index (χ2n) is 19.6. The zero-order chi connectivity index (χ0) is 50.8. The van der Waals surface area contributed by atoms with Crippen LogP contribution >= 0.6 is 11.8 Å². The summed E-state index contributed by atoms with van der Waals surface area (Å²) in [6.45, 7) is 5.12. The van der Waals surface area contributed by atoms with Gasteiger partial charge in [0.05, 0.1) is 5.75 Å². The van der Waals surface area contributed by atoms with Crippen LogP contribution in [-0.2, 0) is 38.2 Å². The number of unbranched alkanes of at least 4 members (excludes halogenated alkanes) is 32. The van der Waals surface area contributed by atoms with Crippen molar-refractivity contribution in [3.8, 4) is 0 Å². The molecule has 0 aliphatic heterocycles. The Bertz CT molecular complexity index is 1280. The molecule has 0 fully saturated rings. The molecule has 0 rings (SSSR count). The van der Waals surface area contributed by atoms with Gasteiger partial charge in [-0.15, -0.1) is 0 Å². The van der Waals surface area contributed by atoms with Gasteiger partial charge in [0, 0.05) is 38.0 Å². The van der Waals surface area contributed by atoms with Crippen molar-refractivity contribution < 1.29 is 66.6 Å².